The molecule has 5 heteroatoms. The number of carbonyl (C=O) groups is 1. The van der Waals surface area contributed by atoms with Crippen molar-refractivity contribution in [2.45, 2.75) is 6.42 Å². The molecule has 1 amide bonds. The number of oxazole rings is 1. The Morgan fingerprint density at radius 3 is 2.62 bits per heavy atom. The Morgan fingerprint density at radius 1 is 1.14 bits per heavy atom. The zero-order chi connectivity index (χ0) is 14.7. The van der Waals surface area contributed by atoms with E-state index in [9.17, 15) is 4.79 Å². The van der Waals surface area contributed by atoms with E-state index in [1.54, 1.807) is 6.20 Å². The number of hydrogen-bond donors (Lipinski definition) is 1. The summed E-state index contributed by atoms with van der Waals surface area (Å²) in [5, 5.41) is 0. The minimum Gasteiger partial charge on any atom is -0.451 e. The summed E-state index contributed by atoms with van der Waals surface area (Å²) in [6, 6.07) is 11.6. The Labute approximate surface area is 121 Å². The predicted octanol–water partition coefficient (Wildman–Crippen LogP) is 2.43. The van der Waals surface area contributed by atoms with Crippen LogP contribution < -0.4 is 5.73 Å². The van der Waals surface area contributed by atoms with Crippen LogP contribution in [-0.2, 0) is 6.42 Å². The van der Waals surface area contributed by atoms with Crippen molar-refractivity contribution in [1.82, 2.24) is 9.97 Å². The first-order valence-corrected chi connectivity index (χ1v) is 6.46. The van der Waals surface area contributed by atoms with Gasteiger partial charge in [0.25, 0.3) is 5.91 Å². The second-order valence-electron chi connectivity index (χ2n) is 4.59. The number of hydrogen-bond acceptors (Lipinski definition) is 4. The highest BCUT2D eigenvalue weighted by Crippen LogP contribution is 2.26. The molecule has 0 aliphatic heterocycles. The van der Waals surface area contributed by atoms with E-state index in [-0.39, 0.29) is 5.69 Å². The van der Waals surface area contributed by atoms with Gasteiger partial charge in [-0.25, -0.2) is 4.98 Å². The molecule has 2 N–H and O–H groups in total. The van der Waals surface area contributed by atoms with Gasteiger partial charge in [-0.05, 0) is 17.2 Å². The first-order valence-electron chi connectivity index (χ1n) is 6.46. The summed E-state index contributed by atoms with van der Waals surface area (Å²) in [6.45, 7) is 0. The van der Waals surface area contributed by atoms with Crippen LogP contribution in [-0.4, -0.2) is 15.9 Å². The number of rotatable bonds is 4. The van der Waals surface area contributed by atoms with Gasteiger partial charge in [0.15, 0.2) is 6.39 Å². The highest BCUT2D eigenvalue weighted by Gasteiger charge is 2.17. The van der Waals surface area contributed by atoms with Crippen LogP contribution in [0.2, 0.25) is 0 Å². The topological polar surface area (TPSA) is 82.0 Å². The molecule has 0 fully saturated rings. The monoisotopic (exact) mass is 279 g/mol. The molecule has 0 atom stereocenters. The fraction of sp³-hybridized carbons (Fsp3) is 0.0625. The van der Waals surface area contributed by atoms with E-state index in [1.807, 2.05) is 36.4 Å². The lowest BCUT2D eigenvalue weighted by molar-refractivity contribution is 0.0995. The van der Waals surface area contributed by atoms with Crippen molar-refractivity contribution in [2.24, 2.45) is 5.73 Å². The van der Waals surface area contributed by atoms with Crippen molar-refractivity contribution in [1.29, 1.82) is 0 Å². The molecule has 21 heavy (non-hydrogen) atoms. The zero-order valence-corrected chi connectivity index (χ0v) is 11.2. The van der Waals surface area contributed by atoms with E-state index >= 15 is 0 Å². The minimum absolute atomic E-state index is 0.263. The van der Waals surface area contributed by atoms with Crippen LogP contribution in [0.15, 0.2) is 59.7 Å². The van der Waals surface area contributed by atoms with Crippen LogP contribution in [0.5, 0.6) is 0 Å². The molecular formula is C16H13N3O2. The molecule has 2 aromatic heterocycles. The lowest BCUT2D eigenvalue weighted by atomic mass is 9.96. The SMILES string of the molecule is NC(=O)c1nccc(-c2cocn2)c1Cc1ccccc1. The molecular weight excluding hydrogens is 266 g/mol. The molecule has 5 nitrogen and oxygen atoms in total. The highest BCUT2D eigenvalue weighted by atomic mass is 16.3. The molecule has 2 heterocycles. The molecule has 0 spiro atoms. The number of primary amides is 1. The molecule has 0 bridgehead atoms. The second kappa shape index (κ2) is 5.58. The van der Waals surface area contributed by atoms with Crippen LogP contribution in [0.25, 0.3) is 11.3 Å². The van der Waals surface area contributed by atoms with Gasteiger partial charge in [-0.2, -0.15) is 0 Å². The maximum atomic E-state index is 11.6. The molecule has 0 saturated heterocycles. The Hall–Kier alpha value is -2.95. The summed E-state index contributed by atoms with van der Waals surface area (Å²) in [5.41, 5.74) is 8.99. The van der Waals surface area contributed by atoms with Crippen LogP contribution in [0.3, 0.4) is 0 Å². The quantitative estimate of drug-likeness (QED) is 0.795. The lowest BCUT2D eigenvalue weighted by Gasteiger charge is -2.10. The van der Waals surface area contributed by atoms with Crippen molar-refractivity contribution in [3.05, 3.63) is 72.1 Å². The van der Waals surface area contributed by atoms with Gasteiger partial charge in [0.05, 0.1) is 0 Å². The summed E-state index contributed by atoms with van der Waals surface area (Å²) < 4.78 is 5.03. The molecule has 104 valence electrons. The molecule has 0 aliphatic carbocycles. The van der Waals surface area contributed by atoms with Gasteiger partial charge >= 0.3 is 0 Å². The Bertz CT molecular complexity index is 752. The smallest absolute Gasteiger partial charge is 0.267 e. The van der Waals surface area contributed by atoms with Gasteiger partial charge in [-0.15, -0.1) is 0 Å². The third kappa shape index (κ3) is 2.67. The molecule has 3 aromatic rings. The largest absolute Gasteiger partial charge is 0.451 e. The number of aromatic nitrogens is 2. The summed E-state index contributed by atoms with van der Waals surface area (Å²) in [6.07, 6.45) is 4.99. The summed E-state index contributed by atoms with van der Waals surface area (Å²) in [7, 11) is 0. The first kappa shape index (κ1) is 13.1. The van der Waals surface area contributed by atoms with Crippen molar-refractivity contribution < 1.29 is 9.21 Å². The minimum atomic E-state index is -0.550. The number of nitrogens with two attached hydrogens (primary N) is 1. The molecule has 0 unspecified atom stereocenters. The van der Waals surface area contributed by atoms with Gasteiger partial charge in [-0.1, -0.05) is 30.3 Å². The number of nitrogens with zero attached hydrogens (tertiary/aromatic N) is 2. The average molecular weight is 279 g/mol. The van der Waals surface area contributed by atoms with Crippen molar-refractivity contribution >= 4 is 5.91 Å². The first-order chi connectivity index (χ1) is 10.3. The van der Waals surface area contributed by atoms with E-state index < -0.39 is 5.91 Å². The van der Waals surface area contributed by atoms with Crippen LogP contribution in [0.1, 0.15) is 21.6 Å². The average Bonchev–Trinajstić information content (AvgIpc) is 3.02. The van der Waals surface area contributed by atoms with Gasteiger partial charge in [0.1, 0.15) is 17.7 Å². The number of carbonyl (C=O) groups excluding carboxylic acids is 1. The number of pyridine rings is 1. The highest BCUT2D eigenvalue weighted by molar-refractivity contribution is 5.94. The lowest BCUT2D eigenvalue weighted by Crippen LogP contribution is -2.17. The van der Waals surface area contributed by atoms with Crippen molar-refractivity contribution in [2.75, 3.05) is 0 Å². The Balaban J connectivity index is 2.13. The van der Waals surface area contributed by atoms with E-state index in [4.69, 9.17) is 10.2 Å². The zero-order valence-electron chi connectivity index (χ0n) is 11.2. The van der Waals surface area contributed by atoms with Crippen molar-refractivity contribution in [3.63, 3.8) is 0 Å². The second-order valence-corrected chi connectivity index (χ2v) is 4.59. The Morgan fingerprint density at radius 2 is 1.95 bits per heavy atom. The van der Waals surface area contributed by atoms with Crippen LogP contribution in [0, 0.1) is 0 Å². The summed E-state index contributed by atoms with van der Waals surface area (Å²) in [5.74, 6) is -0.550. The maximum absolute atomic E-state index is 11.6. The normalized spacial score (nSPS) is 10.5. The molecule has 0 aliphatic rings. The van der Waals surface area contributed by atoms with Gasteiger partial charge < -0.3 is 10.2 Å². The summed E-state index contributed by atoms with van der Waals surface area (Å²) >= 11 is 0. The van der Waals surface area contributed by atoms with Gasteiger partial charge in [0, 0.05) is 18.2 Å². The summed E-state index contributed by atoms with van der Waals surface area (Å²) in [4.78, 5) is 19.9. The third-order valence-electron chi connectivity index (χ3n) is 3.22. The fourth-order valence-electron chi connectivity index (χ4n) is 2.27. The standard InChI is InChI=1S/C16H13N3O2/c17-16(20)15-13(8-11-4-2-1-3-5-11)12(6-7-18-15)14-9-21-10-19-14/h1-7,9-10H,8H2,(H2,17,20). The van der Waals surface area contributed by atoms with E-state index in [0.717, 1.165) is 16.7 Å². The van der Waals surface area contributed by atoms with Crippen LogP contribution in [0.4, 0.5) is 0 Å². The van der Waals surface area contributed by atoms with Gasteiger partial charge in [-0.3, -0.25) is 9.78 Å². The molecule has 0 saturated carbocycles. The van der Waals surface area contributed by atoms with E-state index in [2.05, 4.69) is 9.97 Å². The van der Waals surface area contributed by atoms with Crippen LogP contribution >= 0.6 is 0 Å². The fourth-order valence-corrected chi connectivity index (χ4v) is 2.27. The Kier molecular flexibility index (Phi) is 3.47. The van der Waals surface area contributed by atoms with Crippen molar-refractivity contribution in [3.8, 4) is 11.3 Å². The van der Waals surface area contributed by atoms with E-state index in [0.29, 0.717) is 12.1 Å². The molecule has 1 aromatic carbocycles. The molecule has 0 radical (unpaired) electrons. The third-order valence-corrected chi connectivity index (χ3v) is 3.22. The number of amides is 1. The van der Waals surface area contributed by atoms with E-state index in [1.165, 1.54) is 12.7 Å². The number of benzene rings is 1. The molecule has 3 rings (SSSR count). The predicted molar refractivity (Wildman–Crippen MR) is 77.5 cm³/mol. The van der Waals surface area contributed by atoms with Gasteiger partial charge in [0.2, 0.25) is 0 Å². The maximum Gasteiger partial charge on any atom is 0.267 e.